The predicted molar refractivity (Wildman–Crippen MR) is 196 cm³/mol. The highest BCUT2D eigenvalue weighted by Gasteiger charge is 2.25. The zero-order chi connectivity index (χ0) is 36.9. The smallest absolute Gasteiger partial charge is 0.321 e. The summed E-state index contributed by atoms with van der Waals surface area (Å²) in [7, 11) is 1.66. The third-order valence-corrected chi connectivity index (χ3v) is 9.94. The van der Waals surface area contributed by atoms with Gasteiger partial charge in [0.05, 0.1) is 19.2 Å². The van der Waals surface area contributed by atoms with Crippen LogP contribution < -0.4 is 26.8 Å². The largest absolute Gasteiger partial charge is 0.496 e. The van der Waals surface area contributed by atoms with Gasteiger partial charge in [-0.25, -0.2) is 4.98 Å². The maximum Gasteiger partial charge on any atom is 0.321 e. The van der Waals surface area contributed by atoms with Gasteiger partial charge in [0, 0.05) is 76.2 Å². The summed E-state index contributed by atoms with van der Waals surface area (Å²) in [4.78, 5) is 60.6. The van der Waals surface area contributed by atoms with Gasteiger partial charge in [-0.15, -0.1) is 11.8 Å². The number of fused-ring (bicyclic) bond motifs is 1. The van der Waals surface area contributed by atoms with Crippen LogP contribution in [-0.4, -0.2) is 122 Å². The highest BCUT2D eigenvalue weighted by Crippen LogP contribution is 2.27. The van der Waals surface area contributed by atoms with E-state index in [1.54, 1.807) is 12.0 Å². The van der Waals surface area contributed by atoms with Gasteiger partial charge in [-0.3, -0.25) is 24.1 Å². The molecule has 3 heterocycles. The summed E-state index contributed by atoms with van der Waals surface area (Å²) in [5.74, 6) is -1.53. The van der Waals surface area contributed by atoms with Crippen molar-refractivity contribution < 1.29 is 34.1 Å². The number of carbonyl (C=O) groups is 4. The minimum atomic E-state index is -1.24. The number of ether oxygens (including phenoxy) is 1. The summed E-state index contributed by atoms with van der Waals surface area (Å²) < 4.78 is 7.83. The van der Waals surface area contributed by atoms with Crippen LogP contribution in [0.4, 0.5) is 11.8 Å². The Morgan fingerprint density at radius 2 is 1.78 bits per heavy atom. The number of hydrogen-bond acceptors (Lipinski definition) is 12. The van der Waals surface area contributed by atoms with Crippen molar-refractivity contribution in [1.29, 1.82) is 0 Å². The van der Waals surface area contributed by atoms with Gasteiger partial charge in [0.1, 0.15) is 22.6 Å². The third kappa shape index (κ3) is 11.5. The SMILES string of the molecule is CCCCCNc1nc(N)nc2ccn(Cc3cc(CN4CCN(C(=O)CCNC(=O)C[C@H](SC[C@H](N)C(=O)O)C(=O)O)CC4)ccc3OC)c12. The molecule has 0 aliphatic carbocycles. The van der Waals surface area contributed by atoms with Gasteiger partial charge < -0.3 is 46.5 Å². The Bertz CT molecular complexity index is 1660. The fourth-order valence-corrected chi connectivity index (χ4v) is 6.82. The number of anilines is 2. The quantitative estimate of drug-likeness (QED) is 0.0912. The number of aliphatic carboxylic acids is 2. The molecule has 3 aromatic rings. The van der Waals surface area contributed by atoms with Crippen molar-refractivity contribution in [3.8, 4) is 5.75 Å². The number of nitrogen functional groups attached to an aromatic ring is 1. The van der Waals surface area contributed by atoms with Crippen LogP contribution in [0.3, 0.4) is 0 Å². The molecule has 1 aliphatic rings. The first-order valence-electron chi connectivity index (χ1n) is 17.1. The van der Waals surface area contributed by atoms with Crippen LogP contribution in [0.5, 0.6) is 5.75 Å². The zero-order valence-corrected chi connectivity index (χ0v) is 30.0. The van der Waals surface area contributed by atoms with Gasteiger partial charge in [0.2, 0.25) is 17.8 Å². The molecular formula is C34H49N9O7S. The van der Waals surface area contributed by atoms with Crippen LogP contribution in [0.1, 0.15) is 50.2 Å². The number of methoxy groups -OCH3 is 1. The number of piperazine rings is 1. The van der Waals surface area contributed by atoms with Gasteiger partial charge in [-0.05, 0) is 30.2 Å². The first-order valence-corrected chi connectivity index (χ1v) is 18.2. The second-order valence-corrected chi connectivity index (χ2v) is 13.7. The van der Waals surface area contributed by atoms with Crippen LogP contribution in [0.15, 0.2) is 30.5 Å². The lowest BCUT2D eigenvalue weighted by Crippen LogP contribution is -2.48. The van der Waals surface area contributed by atoms with Crippen molar-refractivity contribution in [2.45, 2.75) is 63.4 Å². The van der Waals surface area contributed by atoms with Crippen LogP contribution >= 0.6 is 11.8 Å². The van der Waals surface area contributed by atoms with Gasteiger partial charge in [-0.1, -0.05) is 25.8 Å². The van der Waals surface area contributed by atoms with Crippen molar-refractivity contribution in [1.82, 2.24) is 29.7 Å². The van der Waals surface area contributed by atoms with E-state index in [0.29, 0.717) is 45.1 Å². The van der Waals surface area contributed by atoms with E-state index in [4.69, 9.17) is 21.3 Å². The molecule has 0 bridgehead atoms. The molecule has 1 aromatic carbocycles. The lowest BCUT2D eigenvalue weighted by molar-refractivity contribution is -0.139. The number of nitrogens with two attached hydrogens (primary N) is 2. The van der Waals surface area contributed by atoms with Crippen molar-refractivity contribution in [3.63, 3.8) is 0 Å². The van der Waals surface area contributed by atoms with E-state index in [2.05, 4.69) is 49.1 Å². The molecule has 0 saturated carbocycles. The molecule has 17 heteroatoms. The Morgan fingerprint density at radius 3 is 2.47 bits per heavy atom. The summed E-state index contributed by atoms with van der Waals surface area (Å²) in [5.41, 5.74) is 15.2. The lowest BCUT2D eigenvalue weighted by atomic mass is 10.1. The Labute approximate surface area is 301 Å². The Morgan fingerprint density at radius 1 is 1.02 bits per heavy atom. The van der Waals surface area contributed by atoms with E-state index >= 15 is 0 Å². The van der Waals surface area contributed by atoms with Gasteiger partial charge >= 0.3 is 11.9 Å². The summed E-state index contributed by atoms with van der Waals surface area (Å²) in [5, 5.41) is 23.2. The predicted octanol–water partition coefficient (Wildman–Crippen LogP) is 1.81. The Balaban J connectivity index is 1.27. The second-order valence-electron chi connectivity index (χ2n) is 12.5. The number of unbranched alkanes of at least 4 members (excludes halogenated alkanes) is 2. The van der Waals surface area contributed by atoms with E-state index in [9.17, 15) is 24.3 Å². The third-order valence-electron chi connectivity index (χ3n) is 8.62. The molecule has 1 saturated heterocycles. The molecule has 1 aliphatic heterocycles. The van der Waals surface area contributed by atoms with Crippen molar-refractivity contribution in [2.75, 3.05) is 63.2 Å². The van der Waals surface area contributed by atoms with Crippen molar-refractivity contribution in [3.05, 3.63) is 41.6 Å². The first-order chi connectivity index (χ1) is 24.5. The van der Waals surface area contributed by atoms with Gasteiger partial charge in [0.25, 0.3) is 0 Å². The summed E-state index contributed by atoms with van der Waals surface area (Å²) in [6, 6.07) is 6.88. The molecule has 4 rings (SSSR count). The standard InChI is InChI=1S/C34H49N9O7S/c1-3-4-5-10-38-31-30-25(39-34(36)40-31)9-12-43(30)20-23-17-22(6-7-26(23)50-2)19-41-13-15-42(16-14-41)29(45)8-11-37-28(44)18-27(33(48)49)51-21-24(35)32(46)47/h6-7,9,12,17,24,27H,3-5,8,10-11,13-16,18-21,35H2,1-2H3,(H,37,44)(H,46,47)(H,48,49)(H3,36,38,39,40)/t24-,27-/m0/s1. The summed E-state index contributed by atoms with van der Waals surface area (Å²) >= 11 is 0.801. The van der Waals surface area contributed by atoms with Crippen molar-refractivity contribution in [2.24, 2.45) is 5.73 Å². The maximum absolute atomic E-state index is 12.9. The Kier molecular flexibility index (Phi) is 14.7. The number of benzene rings is 1. The first kappa shape index (κ1) is 39.2. The summed E-state index contributed by atoms with van der Waals surface area (Å²) in [6.45, 7) is 6.74. The highest BCUT2D eigenvalue weighted by atomic mass is 32.2. The van der Waals surface area contributed by atoms with Gasteiger partial charge in [0.15, 0.2) is 5.82 Å². The topological polar surface area (TPSA) is 231 Å². The minimum absolute atomic E-state index is 0.0742. The molecule has 8 N–H and O–H groups in total. The van der Waals surface area contributed by atoms with E-state index in [1.807, 2.05) is 18.3 Å². The number of nitrogens with one attached hydrogen (secondary N) is 2. The number of carboxylic acid groups (broad SMARTS) is 2. The molecule has 2 aromatic heterocycles. The minimum Gasteiger partial charge on any atom is -0.496 e. The molecule has 51 heavy (non-hydrogen) atoms. The normalized spacial score (nSPS) is 14.6. The molecule has 0 spiro atoms. The number of hydrogen-bond donors (Lipinski definition) is 6. The number of carboxylic acids is 2. The fraction of sp³-hybridized carbons (Fsp3) is 0.529. The number of carbonyl (C=O) groups excluding carboxylic acids is 2. The molecule has 2 amide bonds. The Hall–Kier alpha value is -4.61. The molecular weight excluding hydrogens is 678 g/mol. The number of nitrogens with zero attached hydrogens (tertiary/aromatic N) is 5. The number of rotatable bonds is 20. The molecule has 0 radical (unpaired) electrons. The molecule has 1 fully saturated rings. The molecule has 2 atom stereocenters. The highest BCUT2D eigenvalue weighted by molar-refractivity contribution is 8.00. The maximum atomic E-state index is 12.9. The van der Waals surface area contributed by atoms with E-state index in [0.717, 1.165) is 65.5 Å². The van der Waals surface area contributed by atoms with Crippen LogP contribution in [0, 0.1) is 0 Å². The number of amides is 2. The lowest BCUT2D eigenvalue weighted by Gasteiger charge is -2.35. The fourth-order valence-electron chi connectivity index (χ4n) is 5.83. The van der Waals surface area contributed by atoms with E-state index in [1.165, 1.54) is 0 Å². The monoisotopic (exact) mass is 727 g/mol. The van der Waals surface area contributed by atoms with Crippen molar-refractivity contribution >= 4 is 58.3 Å². The average Bonchev–Trinajstić information content (AvgIpc) is 3.50. The van der Waals surface area contributed by atoms with E-state index in [-0.39, 0.29) is 37.0 Å². The molecule has 0 unspecified atom stereocenters. The van der Waals surface area contributed by atoms with Crippen LogP contribution in [0.2, 0.25) is 0 Å². The van der Waals surface area contributed by atoms with Gasteiger partial charge in [-0.2, -0.15) is 4.98 Å². The van der Waals surface area contributed by atoms with Crippen LogP contribution in [0.25, 0.3) is 11.0 Å². The zero-order valence-electron chi connectivity index (χ0n) is 29.2. The average molecular weight is 728 g/mol. The number of thioether (sulfide) groups is 1. The van der Waals surface area contributed by atoms with Crippen LogP contribution in [-0.2, 0) is 32.3 Å². The second kappa shape index (κ2) is 19.1. The molecule has 278 valence electrons. The number of aromatic nitrogens is 3. The summed E-state index contributed by atoms with van der Waals surface area (Å²) in [6.07, 6.45) is 5.00. The molecule has 16 nitrogen and oxygen atoms in total. The van der Waals surface area contributed by atoms with E-state index < -0.39 is 29.1 Å².